The van der Waals surface area contributed by atoms with Gasteiger partial charge >= 0.3 is 5.97 Å². The summed E-state index contributed by atoms with van der Waals surface area (Å²) in [6, 6.07) is 6.39. The summed E-state index contributed by atoms with van der Waals surface area (Å²) in [4.78, 5) is 18.4. The second-order valence-corrected chi connectivity index (χ2v) is 10.8. The van der Waals surface area contributed by atoms with Crippen molar-refractivity contribution in [2.75, 3.05) is 32.5 Å². The predicted octanol–water partition coefficient (Wildman–Crippen LogP) is 6.88. The number of piperidine rings is 1. The lowest BCUT2D eigenvalue weighted by molar-refractivity contribution is -0.153. The van der Waals surface area contributed by atoms with Gasteiger partial charge in [-0.15, -0.1) is 11.8 Å². The number of methoxy groups -OCH3 is 1. The highest BCUT2D eigenvalue weighted by atomic mass is 32.2. The highest BCUT2D eigenvalue weighted by Crippen LogP contribution is 2.42. The van der Waals surface area contributed by atoms with Crippen LogP contribution in [0.1, 0.15) is 43.0 Å². The number of alkyl halides is 2. The summed E-state index contributed by atoms with van der Waals surface area (Å²) in [7, 11) is 1.47. The summed E-state index contributed by atoms with van der Waals surface area (Å²) < 4.78 is 75.4. The summed E-state index contributed by atoms with van der Waals surface area (Å²) in [5.41, 5.74) is -0.361. The van der Waals surface area contributed by atoms with Crippen LogP contribution < -0.4 is 4.74 Å². The minimum absolute atomic E-state index is 0.0688. The Labute approximate surface area is 227 Å². The molecule has 3 aromatic rings. The fraction of sp³-hybridized carbons (Fsp3) is 0.429. The fourth-order valence-corrected chi connectivity index (χ4v) is 6.07. The van der Waals surface area contributed by atoms with E-state index in [1.807, 2.05) is 4.90 Å². The molecule has 0 aliphatic carbocycles. The number of hydrogen-bond donors (Lipinski definition) is 1. The van der Waals surface area contributed by atoms with E-state index >= 15 is 4.39 Å². The van der Waals surface area contributed by atoms with Crippen molar-refractivity contribution in [2.24, 2.45) is 5.41 Å². The van der Waals surface area contributed by atoms with Gasteiger partial charge in [0, 0.05) is 46.0 Å². The monoisotopic (exact) mass is 568 g/mol. The van der Waals surface area contributed by atoms with Crippen LogP contribution >= 0.6 is 11.8 Å². The van der Waals surface area contributed by atoms with Gasteiger partial charge in [-0.25, -0.2) is 22.0 Å². The summed E-state index contributed by atoms with van der Waals surface area (Å²) in [6.45, 7) is 0.414. The molecule has 39 heavy (non-hydrogen) atoms. The van der Waals surface area contributed by atoms with Gasteiger partial charge < -0.3 is 14.7 Å². The Morgan fingerprint density at radius 2 is 1.95 bits per heavy atom. The average Bonchev–Trinajstić information content (AvgIpc) is 2.93. The van der Waals surface area contributed by atoms with Gasteiger partial charge in [-0.3, -0.25) is 9.78 Å². The van der Waals surface area contributed by atoms with Gasteiger partial charge in [0.15, 0.2) is 11.6 Å². The van der Waals surface area contributed by atoms with E-state index in [4.69, 9.17) is 4.74 Å². The smallest absolute Gasteiger partial charge is 0.309 e. The Morgan fingerprint density at radius 1 is 1.21 bits per heavy atom. The molecule has 0 saturated carbocycles. The molecule has 0 bridgehead atoms. The zero-order chi connectivity index (χ0) is 28.2. The zero-order valence-electron chi connectivity index (χ0n) is 21.4. The molecule has 1 fully saturated rings. The second-order valence-electron chi connectivity index (χ2n) is 9.70. The van der Waals surface area contributed by atoms with Gasteiger partial charge in [0.05, 0.1) is 18.0 Å². The first-order valence-electron chi connectivity index (χ1n) is 12.6. The van der Waals surface area contributed by atoms with Crippen LogP contribution in [-0.4, -0.2) is 53.5 Å². The highest BCUT2D eigenvalue weighted by molar-refractivity contribution is 7.99. The number of carboxylic acids is 1. The normalized spacial score (nSPS) is 16.4. The molecule has 0 amide bonds. The molecule has 2 heterocycles. The van der Waals surface area contributed by atoms with E-state index in [-0.39, 0.29) is 41.7 Å². The van der Waals surface area contributed by atoms with Crippen LogP contribution in [0.4, 0.5) is 22.0 Å². The third-order valence-corrected chi connectivity index (χ3v) is 8.42. The number of thioether (sulfide) groups is 1. The van der Waals surface area contributed by atoms with E-state index < -0.39 is 41.7 Å². The van der Waals surface area contributed by atoms with Gasteiger partial charge in [-0.05, 0) is 63.0 Å². The number of carbonyl (C=O) groups is 1. The lowest BCUT2D eigenvalue weighted by Crippen LogP contribution is -2.45. The van der Waals surface area contributed by atoms with E-state index in [9.17, 15) is 27.5 Å². The van der Waals surface area contributed by atoms with Gasteiger partial charge in [-0.2, -0.15) is 0 Å². The number of carboxylic acid groups (broad SMARTS) is 1. The van der Waals surface area contributed by atoms with Crippen LogP contribution in [-0.2, 0) is 11.5 Å². The van der Waals surface area contributed by atoms with Crippen molar-refractivity contribution in [3.63, 3.8) is 0 Å². The molecular formula is C28H29F5N2O3S. The molecule has 1 N–H and O–H groups in total. The van der Waals surface area contributed by atoms with Crippen LogP contribution in [0.5, 0.6) is 5.75 Å². The number of benzene rings is 2. The molecule has 0 spiro atoms. The standard InChI is InChI=1S/C28H29F5N2O3S/c1-38-19-2-3-23-20(14-19)25(17(15-29)16-34-23)21(31)4-5-28(27(36)37)6-8-35(9-7-28)10-11-39-24-13-18(30)12-22(32)26(24)33/h2-3,12-14,16,21H,4-11,15H2,1H3,(H,36,37). The van der Waals surface area contributed by atoms with E-state index in [2.05, 4.69) is 4.98 Å². The maximum atomic E-state index is 15.7. The quantitative estimate of drug-likeness (QED) is 0.155. The van der Waals surface area contributed by atoms with Gasteiger partial charge in [0.1, 0.15) is 24.4 Å². The molecule has 210 valence electrons. The van der Waals surface area contributed by atoms with Gasteiger partial charge in [-0.1, -0.05) is 0 Å². The van der Waals surface area contributed by atoms with Crippen LogP contribution in [0, 0.1) is 22.9 Å². The van der Waals surface area contributed by atoms with E-state index in [0.29, 0.717) is 48.1 Å². The number of pyridine rings is 1. The summed E-state index contributed by atoms with van der Waals surface area (Å²) >= 11 is 0.987. The first-order valence-corrected chi connectivity index (χ1v) is 13.5. The minimum Gasteiger partial charge on any atom is -0.497 e. The van der Waals surface area contributed by atoms with Crippen LogP contribution in [0.3, 0.4) is 0 Å². The number of nitrogens with zero attached hydrogens (tertiary/aromatic N) is 2. The van der Waals surface area contributed by atoms with Crippen molar-refractivity contribution < 1.29 is 36.6 Å². The molecule has 0 radical (unpaired) electrons. The summed E-state index contributed by atoms with van der Waals surface area (Å²) in [5, 5.41) is 10.5. The van der Waals surface area contributed by atoms with Crippen molar-refractivity contribution in [1.29, 1.82) is 0 Å². The number of ether oxygens (including phenoxy) is 1. The minimum atomic E-state index is -1.60. The SMILES string of the molecule is COc1ccc2ncc(CF)c(C(F)CCC3(C(=O)O)CCN(CCSc4cc(F)cc(F)c4F)CC3)c2c1. The Hall–Kier alpha value is -2.92. The van der Waals surface area contributed by atoms with Gasteiger partial charge in [0.25, 0.3) is 0 Å². The van der Waals surface area contributed by atoms with E-state index in [0.717, 1.165) is 17.8 Å². The van der Waals surface area contributed by atoms with Crippen molar-refractivity contribution >= 4 is 28.6 Å². The molecule has 5 nitrogen and oxygen atoms in total. The van der Waals surface area contributed by atoms with E-state index in [1.165, 1.54) is 13.3 Å². The van der Waals surface area contributed by atoms with Crippen molar-refractivity contribution in [3.8, 4) is 5.75 Å². The number of likely N-dealkylation sites (tertiary alicyclic amines) is 1. The molecule has 1 aromatic heterocycles. The lowest BCUT2D eigenvalue weighted by Gasteiger charge is -2.39. The number of aromatic nitrogens is 1. The molecule has 1 aliphatic heterocycles. The van der Waals surface area contributed by atoms with Crippen molar-refractivity contribution in [1.82, 2.24) is 9.88 Å². The zero-order valence-corrected chi connectivity index (χ0v) is 22.2. The maximum absolute atomic E-state index is 15.7. The van der Waals surface area contributed by atoms with Crippen LogP contribution in [0.25, 0.3) is 10.9 Å². The molecule has 1 unspecified atom stereocenters. The Bertz CT molecular complexity index is 1330. The average molecular weight is 569 g/mol. The van der Waals surface area contributed by atoms with Gasteiger partial charge in [0.2, 0.25) is 0 Å². The van der Waals surface area contributed by atoms with Crippen LogP contribution in [0.15, 0.2) is 41.4 Å². The number of rotatable bonds is 11. The van der Waals surface area contributed by atoms with Crippen molar-refractivity contribution in [2.45, 2.75) is 43.4 Å². The number of aliphatic carboxylic acids is 1. The summed E-state index contributed by atoms with van der Waals surface area (Å²) in [6.07, 6.45) is 0.243. The Kier molecular flexibility index (Phi) is 9.32. The third kappa shape index (κ3) is 6.46. The number of fused-ring (bicyclic) bond motifs is 1. The predicted molar refractivity (Wildman–Crippen MR) is 139 cm³/mol. The largest absolute Gasteiger partial charge is 0.497 e. The number of halogens is 5. The second kappa shape index (κ2) is 12.5. The molecule has 1 saturated heterocycles. The molecule has 2 aromatic carbocycles. The highest BCUT2D eigenvalue weighted by Gasteiger charge is 2.41. The van der Waals surface area contributed by atoms with E-state index in [1.54, 1.807) is 18.2 Å². The Morgan fingerprint density at radius 3 is 2.62 bits per heavy atom. The Balaban J connectivity index is 1.39. The maximum Gasteiger partial charge on any atom is 0.309 e. The summed E-state index contributed by atoms with van der Waals surface area (Å²) in [5.74, 6) is -3.37. The van der Waals surface area contributed by atoms with Crippen molar-refractivity contribution in [3.05, 3.63) is 65.1 Å². The topological polar surface area (TPSA) is 62.7 Å². The third-order valence-electron chi connectivity index (χ3n) is 7.42. The number of hydrogen-bond acceptors (Lipinski definition) is 5. The first-order chi connectivity index (χ1) is 18.7. The lowest BCUT2D eigenvalue weighted by atomic mass is 9.74. The molecule has 1 aliphatic rings. The molecular weight excluding hydrogens is 539 g/mol. The molecule has 1 atom stereocenters. The first kappa shape index (κ1) is 29.1. The van der Waals surface area contributed by atoms with Crippen LogP contribution in [0.2, 0.25) is 0 Å². The fourth-order valence-electron chi connectivity index (χ4n) is 5.08. The molecule has 11 heteroatoms. The molecule has 4 rings (SSSR count).